The van der Waals surface area contributed by atoms with E-state index in [1.165, 1.54) is 0 Å². The molecule has 20 heavy (non-hydrogen) atoms. The number of benzene rings is 1. The Morgan fingerprint density at radius 3 is 2.65 bits per heavy atom. The summed E-state index contributed by atoms with van der Waals surface area (Å²) in [5.41, 5.74) is 8.21. The highest BCUT2D eigenvalue weighted by molar-refractivity contribution is 5.83. The number of nitrogens with two attached hydrogens (primary N) is 1. The molecule has 0 bridgehead atoms. The Balaban J connectivity index is 1.84. The summed E-state index contributed by atoms with van der Waals surface area (Å²) < 4.78 is 11.1. The molecule has 0 atom stereocenters. The normalized spacial score (nSPS) is 13.6. The minimum Gasteiger partial charge on any atom is -0.486 e. The van der Waals surface area contributed by atoms with Crippen molar-refractivity contribution in [3.8, 4) is 22.9 Å². The minimum atomic E-state index is 0.488. The van der Waals surface area contributed by atoms with E-state index in [1.54, 1.807) is 12.3 Å². The number of H-pyrrole nitrogens is 1. The summed E-state index contributed by atoms with van der Waals surface area (Å²) in [5.74, 6) is 2.71. The third kappa shape index (κ3) is 1.73. The van der Waals surface area contributed by atoms with Crippen molar-refractivity contribution in [2.75, 3.05) is 18.9 Å². The molecule has 2 aromatic heterocycles. The molecule has 0 saturated carbocycles. The summed E-state index contributed by atoms with van der Waals surface area (Å²) >= 11 is 0. The van der Waals surface area contributed by atoms with E-state index < -0.39 is 0 Å². The molecule has 4 rings (SSSR count). The molecule has 0 spiro atoms. The van der Waals surface area contributed by atoms with E-state index in [0.717, 1.165) is 33.9 Å². The van der Waals surface area contributed by atoms with Crippen LogP contribution in [0.3, 0.4) is 0 Å². The van der Waals surface area contributed by atoms with Crippen molar-refractivity contribution >= 4 is 16.9 Å². The number of nitrogens with zero attached hydrogens (tertiary/aromatic N) is 2. The van der Waals surface area contributed by atoms with Crippen molar-refractivity contribution in [1.82, 2.24) is 15.0 Å². The van der Waals surface area contributed by atoms with Crippen molar-refractivity contribution in [1.29, 1.82) is 0 Å². The Labute approximate surface area is 114 Å². The average molecular weight is 268 g/mol. The number of imidazole rings is 1. The van der Waals surface area contributed by atoms with Gasteiger partial charge in [-0.2, -0.15) is 0 Å². The summed E-state index contributed by atoms with van der Waals surface area (Å²) in [7, 11) is 0. The van der Waals surface area contributed by atoms with Gasteiger partial charge in [0.05, 0.1) is 11.0 Å². The third-order valence-corrected chi connectivity index (χ3v) is 3.21. The molecule has 0 unspecified atom stereocenters. The molecule has 6 nitrogen and oxygen atoms in total. The SMILES string of the molecule is Nc1ccc(-c2nc3cc4c(cc3[nH]2)OCCO4)cn1. The van der Waals surface area contributed by atoms with Gasteiger partial charge < -0.3 is 20.2 Å². The van der Waals surface area contributed by atoms with Gasteiger partial charge in [-0.05, 0) is 12.1 Å². The molecule has 0 fully saturated rings. The van der Waals surface area contributed by atoms with Gasteiger partial charge in [0.2, 0.25) is 0 Å². The first-order chi connectivity index (χ1) is 9.79. The lowest BCUT2D eigenvalue weighted by atomic mass is 10.2. The van der Waals surface area contributed by atoms with E-state index >= 15 is 0 Å². The fraction of sp³-hybridized carbons (Fsp3) is 0.143. The molecule has 3 heterocycles. The predicted octanol–water partition coefficient (Wildman–Crippen LogP) is 1.98. The van der Waals surface area contributed by atoms with Crippen LogP contribution in [0.4, 0.5) is 5.82 Å². The Morgan fingerprint density at radius 1 is 1.10 bits per heavy atom. The molecule has 6 heteroatoms. The molecule has 1 aliphatic rings. The zero-order valence-corrected chi connectivity index (χ0v) is 10.6. The zero-order chi connectivity index (χ0) is 13.5. The predicted molar refractivity (Wildman–Crippen MR) is 74.7 cm³/mol. The molecule has 0 saturated heterocycles. The third-order valence-electron chi connectivity index (χ3n) is 3.21. The number of hydrogen-bond donors (Lipinski definition) is 2. The number of anilines is 1. The van der Waals surface area contributed by atoms with Crippen LogP contribution in [0, 0.1) is 0 Å². The van der Waals surface area contributed by atoms with Gasteiger partial charge in [-0.25, -0.2) is 9.97 Å². The maximum atomic E-state index is 5.59. The highest BCUT2D eigenvalue weighted by Crippen LogP contribution is 2.34. The molecule has 0 radical (unpaired) electrons. The van der Waals surface area contributed by atoms with Crippen LogP contribution in [-0.2, 0) is 0 Å². The van der Waals surface area contributed by atoms with Crippen molar-refractivity contribution in [2.45, 2.75) is 0 Å². The zero-order valence-electron chi connectivity index (χ0n) is 10.6. The number of ether oxygens (including phenoxy) is 2. The van der Waals surface area contributed by atoms with Crippen LogP contribution in [0.2, 0.25) is 0 Å². The second kappa shape index (κ2) is 4.12. The Kier molecular flexibility index (Phi) is 2.29. The van der Waals surface area contributed by atoms with E-state index in [1.807, 2.05) is 18.2 Å². The van der Waals surface area contributed by atoms with Gasteiger partial charge >= 0.3 is 0 Å². The van der Waals surface area contributed by atoms with Crippen molar-refractivity contribution in [2.24, 2.45) is 0 Å². The average Bonchev–Trinajstić information content (AvgIpc) is 2.88. The Bertz CT molecular complexity index is 737. The number of hydrogen-bond acceptors (Lipinski definition) is 5. The lowest BCUT2D eigenvalue weighted by Crippen LogP contribution is -2.15. The van der Waals surface area contributed by atoms with Crippen LogP contribution in [0.25, 0.3) is 22.4 Å². The fourth-order valence-electron chi connectivity index (χ4n) is 2.23. The quantitative estimate of drug-likeness (QED) is 0.704. The van der Waals surface area contributed by atoms with Gasteiger partial charge in [0.15, 0.2) is 11.5 Å². The molecular formula is C14H12N4O2. The standard InChI is InChI=1S/C14H12N4O2/c15-13-2-1-8(7-16-13)14-17-9-5-11-12(6-10(9)18-14)20-4-3-19-11/h1-2,5-7H,3-4H2,(H2,15,16)(H,17,18). The number of fused-ring (bicyclic) bond motifs is 2. The van der Waals surface area contributed by atoms with Crippen molar-refractivity contribution < 1.29 is 9.47 Å². The molecule has 100 valence electrons. The van der Waals surface area contributed by atoms with Crippen molar-refractivity contribution in [3.05, 3.63) is 30.5 Å². The number of nitrogens with one attached hydrogen (secondary N) is 1. The van der Waals surface area contributed by atoms with Crippen molar-refractivity contribution in [3.63, 3.8) is 0 Å². The topological polar surface area (TPSA) is 86.0 Å². The summed E-state index contributed by atoms with van der Waals surface area (Å²) in [6.07, 6.45) is 1.69. The van der Waals surface area contributed by atoms with Crippen LogP contribution in [0.15, 0.2) is 30.5 Å². The molecule has 3 N–H and O–H groups in total. The Morgan fingerprint density at radius 2 is 1.90 bits per heavy atom. The molecule has 0 amide bonds. The maximum Gasteiger partial charge on any atom is 0.163 e. The summed E-state index contributed by atoms with van der Waals surface area (Å²) in [5, 5.41) is 0. The number of pyridine rings is 1. The van der Waals surface area contributed by atoms with Gasteiger partial charge in [-0.3, -0.25) is 0 Å². The number of nitrogen functional groups attached to an aromatic ring is 1. The molecule has 0 aliphatic carbocycles. The lowest BCUT2D eigenvalue weighted by Gasteiger charge is -2.17. The molecule has 1 aromatic carbocycles. The van der Waals surface area contributed by atoms with E-state index in [0.29, 0.717) is 19.0 Å². The largest absolute Gasteiger partial charge is 0.486 e. The van der Waals surface area contributed by atoms with E-state index in [-0.39, 0.29) is 0 Å². The van der Waals surface area contributed by atoms with Gasteiger partial charge in [-0.15, -0.1) is 0 Å². The molecular weight excluding hydrogens is 256 g/mol. The number of rotatable bonds is 1. The minimum absolute atomic E-state index is 0.488. The highest BCUT2D eigenvalue weighted by atomic mass is 16.6. The van der Waals surface area contributed by atoms with Crippen LogP contribution < -0.4 is 15.2 Å². The van der Waals surface area contributed by atoms with E-state index in [4.69, 9.17) is 15.2 Å². The molecule has 1 aliphatic heterocycles. The fourth-order valence-corrected chi connectivity index (χ4v) is 2.23. The van der Waals surface area contributed by atoms with Gasteiger partial charge in [-0.1, -0.05) is 0 Å². The maximum absolute atomic E-state index is 5.59. The second-order valence-corrected chi connectivity index (χ2v) is 4.57. The van der Waals surface area contributed by atoms with Crippen LogP contribution in [0.1, 0.15) is 0 Å². The monoisotopic (exact) mass is 268 g/mol. The second-order valence-electron chi connectivity index (χ2n) is 4.57. The van der Waals surface area contributed by atoms with Crippen LogP contribution in [-0.4, -0.2) is 28.2 Å². The first kappa shape index (κ1) is 11.1. The van der Waals surface area contributed by atoms with Gasteiger partial charge in [0, 0.05) is 23.9 Å². The first-order valence-electron chi connectivity index (χ1n) is 6.31. The number of aromatic amines is 1. The smallest absolute Gasteiger partial charge is 0.163 e. The molecule has 3 aromatic rings. The Hall–Kier alpha value is -2.76. The van der Waals surface area contributed by atoms with Gasteiger partial charge in [0.1, 0.15) is 24.9 Å². The van der Waals surface area contributed by atoms with Gasteiger partial charge in [0.25, 0.3) is 0 Å². The van der Waals surface area contributed by atoms with E-state index in [2.05, 4.69) is 15.0 Å². The summed E-state index contributed by atoms with van der Waals surface area (Å²) in [6, 6.07) is 7.42. The number of aromatic nitrogens is 3. The highest BCUT2D eigenvalue weighted by Gasteiger charge is 2.15. The lowest BCUT2D eigenvalue weighted by molar-refractivity contribution is 0.172. The first-order valence-corrected chi connectivity index (χ1v) is 6.31. The van der Waals surface area contributed by atoms with Crippen LogP contribution in [0.5, 0.6) is 11.5 Å². The summed E-state index contributed by atoms with van der Waals surface area (Å²) in [4.78, 5) is 11.9. The van der Waals surface area contributed by atoms with E-state index in [9.17, 15) is 0 Å². The summed E-state index contributed by atoms with van der Waals surface area (Å²) in [6.45, 7) is 1.14. The van der Waals surface area contributed by atoms with Crippen LogP contribution >= 0.6 is 0 Å².